The van der Waals surface area contributed by atoms with Gasteiger partial charge >= 0.3 is 0 Å². The van der Waals surface area contributed by atoms with Crippen molar-refractivity contribution in [3.63, 3.8) is 0 Å². The van der Waals surface area contributed by atoms with Gasteiger partial charge in [-0.2, -0.15) is 0 Å². The molecule has 0 aromatic heterocycles. The first-order valence-corrected chi connectivity index (χ1v) is 17.3. The van der Waals surface area contributed by atoms with E-state index in [1.807, 2.05) is 38.1 Å². The molecule has 0 amide bonds. The Morgan fingerprint density at radius 1 is 0.432 bits per heavy atom. The van der Waals surface area contributed by atoms with E-state index in [0.717, 1.165) is 11.1 Å². The van der Waals surface area contributed by atoms with E-state index in [2.05, 4.69) is 13.8 Å². The molecule has 44 heavy (non-hydrogen) atoms. The summed E-state index contributed by atoms with van der Waals surface area (Å²) < 4.78 is 64.4. The van der Waals surface area contributed by atoms with Crippen LogP contribution in [0, 0.1) is 0 Å². The highest BCUT2D eigenvalue weighted by molar-refractivity contribution is 7.91. The minimum absolute atomic E-state index is 0.00964. The number of hydrogen-bond acceptors (Lipinski definition) is 6. The van der Waals surface area contributed by atoms with Crippen molar-refractivity contribution >= 4 is 19.7 Å². The molecule has 5 aromatic rings. The molecule has 5 aromatic carbocycles. The van der Waals surface area contributed by atoms with Crippen LogP contribution in [0.25, 0.3) is 11.1 Å². The molecule has 0 fully saturated rings. The molecule has 0 radical (unpaired) electrons. The molecule has 0 aliphatic carbocycles. The third-order valence-electron chi connectivity index (χ3n) is 7.08. The zero-order valence-corrected chi connectivity index (χ0v) is 26.6. The second-order valence-electron chi connectivity index (χ2n) is 11.0. The molecular weight excluding hydrogens is 593 g/mol. The summed E-state index contributed by atoms with van der Waals surface area (Å²) in [6.45, 7) is 8.06. The maximum atomic E-state index is 13.3. The van der Waals surface area contributed by atoms with Crippen molar-refractivity contribution in [2.24, 2.45) is 0 Å². The number of benzene rings is 5. The lowest BCUT2D eigenvalue weighted by molar-refractivity contribution is 0.242. The molecule has 8 heteroatoms. The van der Waals surface area contributed by atoms with Gasteiger partial charge in [0, 0.05) is 0 Å². The summed E-state index contributed by atoms with van der Waals surface area (Å²) in [5.74, 6) is 2.25. The Bertz CT molecular complexity index is 1930. The van der Waals surface area contributed by atoms with E-state index in [0.29, 0.717) is 23.2 Å². The van der Waals surface area contributed by atoms with Crippen molar-refractivity contribution in [2.75, 3.05) is 0 Å². The van der Waals surface area contributed by atoms with Gasteiger partial charge in [-0.15, -0.1) is 0 Å². The fourth-order valence-electron chi connectivity index (χ4n) is 4.64. The monoisotopic (exact) mass is 626 g/mol. The Morgan fingerprint density at radius 2 is 0.750 bits per heavy atom. The van der Waals surface area contributed by atoms with Crippen LogP contribution in [-0.2, 0) is 19.7 Å². The summed E-state index contributed by atoms with van der Waals surface area (Å²) in [6.07, 6.45) is -0.00964. The molecule has 6 nitrogen and oxygen atoms in total. The topological polar surface area (TPSA) is 86.7 Å². The second-order valence-corrected chi connectivity index (χ2v) is 14.9. The Balaban J connectivity index is 1.28. The number of ether oxygens (including phenoxy) is 2. The third-order valence-corrected chi connectivity index (χ3v) is 10.7. The summed E-state index contributed by atoms with van der Waals surface area (Å²) >= 11 is 0. The highest BCUT2D eigenvalue weighted by Gasteiger charge is 2.20. The van der Waals surface area contributed by atoms with Crippen molar-refractivity contribution in [3.8, 4) is 28.4 Å². The molecule has 0 aliphatic heterocycles. The van der Waals surface area contributed by atoms with Crippen molar-refractivity contribution in [2.45, 2.75) is 59.3 Å². The van der Waals surface area contributed by atoms with Crippen LogP contribution in [0.2, 0.25) is 0 Å². The SMILES string of the molecule is CC(C)Oc1ccc(S(=O)(=O)c2ccc(-c3ccc(S(=O)(=O)c4ccc(Oc5ccc(C(C)C)cc5)cc4)cc3)cc2)cc1. The summed E-state index contributed by atoms with van der Waals surface area (Å²) in [6, 6.07) is 33.6. The minimum Gasteiger partial charge on any atom is -0.491 e. The Labute approximate surface area is 259 Å². The normalized spacial score (nSPS) is 12.0. The highest BCUT2D eigenvalue weighted by atomic mass is 32.2. The Morgan fingerprint density at radius 3 is 1.09 bits per heavy atom. The van der Waals surface area contributed by atoms with Crippen molar-refractivity contribution in [1.82, 2.24) is 0 Å². The van der Waals surface area contributed by atoms with Gasteiger partial charge in [-0.25, -0.2) is 16.8 Å². The molecular formula is C36H34O6S2. The van der Waals surface area contributed by atoms with E-state index < -0.39 is 19.7 Å². The third kappa shape index (κ3) is 6.87. The first-order valence-electron chi connectivity index (χ1n) is 14.3. The van der Waals surface area contributed by atoms with E-state index in [-0.39, 0.29) is 25.7 Å². The maximum absolute atomic E-state index is 13.3. The first kappa shape index (κ1) is 31.0. The summed E-state index contributed by atoms with van der Waals surface area (Å²) in [7, 11) is -7.46. The standard InChI is InChI=1S/C36H34O6S2/c1-25(2)27-5-11-31(12-6-27)42-32-15-23-36(24-16-32)44(39,40)34-19-9-29(10-20-34)28-7-17-33(18-8-28)43(37,38)35-21-13-30(14-22-35)41-26(3)4/h5-26H,1-4H3. The average molecular weight is 627 g/mol. The molecule has 0 unspecified atom stereocenters. The first-order chi connectivity index (χ1) is 20.9. The fraction of sp³-hybridized carbons (Fsp3) is 0.167. The van der Waals surface area contributed by atoms with Crippen LogP contribution < -0.4 is 9.47 Å². The lowest BCUT2D eigenvalue weighted by atomic mass is 10.0. The van der Waals surface area contributed by atoms with E-state index in [9.17, 15) is 16.8 Å². The molecule has 0 saturated heterocycles. The second kappa shape index (κ2) is 12.7. The molecule has 0 N–H and O–H groups in total. The Kier molecular flexibility index (Phi) is 8.95. The summed E-state index contributed by atoms with van der Waals surface area (Å²) in [4.78, 5) is 0.656. The molecule has 0 saturated carbocycles. The van der Waals surface area contributed by atoms with E-state index in [1.54, 1.807) is 72.8 Å². The molecule has 226 valence electrons. The van der Waals surface area contributed by atoms with Gasteiger partial charge < -0.3 is 9.47 Å². The molecule has 0 atom stereocenters. The zero-order chi connectivity index (χ0) is 31.5. The van der Waals surface area contributed by atoms with Crippen LogP contribution in [0.4, 0.5) is 0 Å². The van der Waals surface area contributed by atoms with Gasteiger partial charge in [0.1, 0.15) is 17.2 Å². The quantitative estimate of drug-likeness (QED) is 0.154. The van der Waals surface area contributed by atoms with Crippen LogP contribution in [-0.4, -0.2) is 22.9 Å². The van der Waals surface area contributed by atoms with Crippen LogP contribution in [0.5, 0.6) is 17.2 Å². The molecule has 5 rings (SSSR count). The smallest absolute Gasteiger partial charge is 0.206 e. The largest absolute Gasteiger partial charge is 0.491 e. The summed E-state index contributed by atoms with van der Waals surface area (Å²) in [5.41, 5.74) is 2.73. The van der Waals surface area contributed by atoms with Crippen LogP contribution in [0.3, 0.4) is 0 Å². The van der Waals surface area contributed by atoms with Gasteiger partial charge in [0.15, 0.2) is 0 Å². The lowest BCUT2D eigenvalue weighted by Crippen LogP contribution is -2.06. The molecule has 0 heterocycles. The number of hydrogen-bond donors (Lipinski definition) is 0. The van der Waals surface area contributed by atoms with E-state index >= 15 is 0 Å². The van der Waals surface area contributed by atoms with Crippen molar-refractivity contribution in [3.05, 3.63) is 127 Å². The predicted molar refractivity (Wildman–Crippen MR) is 172 cm³/mol. The Hall–Kier alpha value is -4.40. The summed E-state index contributed by atoms with van der Waals surface area (Å²) in [5, 5.41) is 0. The van der Waals surface area contributed by atoms with Gasteiger partial charge in [0.25, 0.3) is 0 Å². The molecule has 0 aliphatic rings. The van der Waals surface area contributed by atoms with Crippen LogP contribution >= 0.6 is 0 Å². The van der Waals surface area contributed by atoms with E-state index in [4.69, 9.17) is 9.47 Å². The zero-order valence-electron chi connectivity index (χ0n) is 25.0. The van der Waals surface area contributed by atoms with Crippen molar-refractivity contribution in [1.29, 1.82) is 0 Å². The van der Waals surface area contributed by atoms with Gasteiger partial charge in [0.2, 0.25) is 19.7 Å². The lowest BCUT2D eigenvalue weighted by Gasteiger charge is -2.11. The van der Waals surface area contributed by atoms with Gasteiger partial charge in [-0.3, -0.25) is 0 Å². The van der Waals surface area contributed by atoms with Gasteiger partial charge in [0.05, 0.1) is 25.7 Å². The van der Waals surface area contributed by atoms with Crippen molar-refractivity contribution < 1.29 is 26.3 Å². The minimum atomic E-state index is -3.75. The highest BCUT2D eigenvalue weighted by Crippen LogP contribution is 2.30. The predicted octanol–water partition coefficient (Wildman–Crippen LogP) is 8.72. The number of rotatable bonds is 10. The van der Waals surface area contributed by atoms with E-state index in [1.165, 1.54) is 29.8 Å². The van der Waals surface area contributed by atoms with Gasteiger partial charge in [-0.1, -0.05) is 50.2 Å². The molecule has 0 bridgehead atoms. The fourth-order valence-corrected chi connectivity index (χ4v) is 7.16. The van der Waals surface area contributed by atoms with Gasteiger partial charge in [-0.05, 0) is 121 Å². The maximum Gasteiger partial charge on any atom is 0.206 e. The molecule has 0 spiro atoms. The number of sulfone groups is 2. The van der Waals surface area contributed by atoms with Crippen LogP contribution in [0.15, 0.2) is 141 Å². The average Bonchev–Trinajstić information content (AvgIpc) is 3.02. The van der Waals surface area contributed by atoms with Crippen LogP contribution in [0.1, 0.15) is 39.2 Å².